The molecule has 1 aliphatic rings. The van der Waals surface area contributed by atoms with Crippen LogP contribution in [-0.2, 0) is 20.9 Å². The van der Waals surface area contributed by atoms with Crippen LogP contribution in [-0.4, -0.2) is 101 Å². The van der Waals surface area contributed by atoms with Crippen molar-refractivity contribution in [2.75, 3.05) is 53.9 Å². The molecule has 1 aromatic heterocycles. The van der Waals surface area contributed by atoms with E-state index in [9.17, 15) is 19.5 Å². The van der Waals surface area contributed by atoms with E-state index in [1.54, 1.807) is 49.0 Å². The van der Waals surface area contributed by atoms with Crippen molar-refractivity contribution in [3.63, 3.8) is 0 Å². The summed E-state index contributed by atoms with van der Waals surface area (Å²) >= 11 is 0. The van der Waals surface area contributed by atoms with E-state index in [4.69, 9.17) is 9.84 Å². The van der Waals surface area contributed by atoms with Crippen LogP contribution < -0.4 is 4.74 Å². The first-order valence-electron chi connectivity index (χ1n) is 10.5. The van der Waals surface area contributed by atoms with Gasteiger partial charge in [0.15, 0.2) is 0 Å². The zero-order chi connectivity index (χ0) is 23.4. The van der Waals surface area contributed by atoms with Gasteiger partial charge in [-0.1, -0.05) is 0 Å². The largest absolute Gasteiger partial charge is 0.497 e. The Morgan fingerprint density at radius 3 is 2.38 bits per heavy atom. The minimum atomic E-state index is -0.970. The Hall–Kier alpha value is -3.11. The molecule has 0 bridgehead atoms. The number of benzene rings is 1. The van der Waals surface area contributed by atoms with Gasteiger partial charge in [0.25, 0.3) is 0 Å². The Kier molecular flexibility index (Phi) is 7.37. The number of piperazine rings is 1. The molecule has 0 radical (unpaired) electrons. The van der Waals surface area contributed by atoms with Gasteiger partial charge in [0.2, 0.25) is 5.91 Å². The number of carboxylic acids is 2. The summed E-state index contributed by atoms with van der Waals surface area (Å²) in [6, 6.07) is 4.51. The molecule has 3 rings (SSSR count). The number of aryl methyl sites for hydroxylation is 1. The fourth-order valence-corrected chi connectivity index (χ4v) is 4.05. The van der Waals surface area contributed by atoms with Gasteiger partial charge in [-0.25, -0.2) is 0 Å². The molecular weight excluding hydrogens is 416 g/mol. The van der Waals surface area contributed by atoms with Crippen LogP contribution in [0.15, 0.2) is 24.4 Å². The molecule has 1 aromatic carbocycles. The van der Waals surface area contributed by atoms with E-state index in [0.717, 1.165) is 10.9 Å². The van der Waals surface area contributed by atoms with Gasteiger partial charge < -0.3 is 24.4 Å². The van der Waals surface area contributed by atoms with Crippen molar-refractivity contribution in [2.24, 2.45) is 0 Å². The van der Waals surface area contributed by atoms with Crippen molar-refractivity contribution < 1.29 is 29.3 Å². The van der Waals surface area contributed by atoms with Gasteiger partial charge >= 0.3 is 11.9 Å². The van der Waals surface area contributed by atoms with E-state index in [0.29, 0.717) is 44.0 Å². The Morgan fingerprint density at radius 1 is 1.12 bits per heavy atom. The molecule has 1 atom stereocenters. The van der Waals surface area contributed by atoms with E-state index >= 15 is 0 Å². The number of rotatable bonds is 9. The van der Waals surface area contributed by atoms with E-state index in [1.165, 1.54) is 0 Å². The predicted octanol–water partition coefficient (Wildman–Crippen LogP) is 0.956. The Balaban J connectivity index is 1.89. The maximum Gasteiger partial charge on any atom is 0.325 e. The first-order chi connectivity index (χ1) is 15.2. The summed E-state index contributed by atoms with van der Waals surface area (Å²) in [4.78, 5) is 40.9. The fraction of sp³-hybridized carbons (Fsp3) is 0.500. The zero-order valence-electron chi connectivity index (χ0n) is 18.7. The zero-order valence-corrected chi connectivity index (χ0v) is 18.7. The second-order valence-electron chi connectivity index (χ2n) is 8.15. The molecule has 10 heteroatoms. The van der Waals surface area contributed by atoms with E-state index < -0.39 is 18.0 Å². The van der Waals surface area contributed by atoms with Gasteiger partial charge in [0.05, 0.1) is 20.1 Å². The summed E-state index contributed by atoms with van der Waals surface area (Å²) < 4.78 is 7.13. The third kappa shape index (κ3) is 5.20. The minimum absolute atomic E-state index is 0.0156. The molecule has 0 spiro atoms. The third-order valence-corrected chi connectivity index (χ3v) is 5.84. The van der Waals surface area contributed by atoms with Crippen LogP contribution in [0.1, 0.15) is 18.0 Å². The maximum atomic E-state index is 12.4. The molecule has 10 nitrogen and oxygen atoms in total. The van der Waals surface area contributed by atoms with E-state index in [-0.39, 0.29) is 18.9 Å². The number of aromatic nitrogens is 1. The number of ether oxygens (including phenoxy) is 1. The summed E-state index contributed by atoms with van der Waals surface area (Å²) in [6.07, 6.45) is 1.68. The molecule has 1 fully saturated rings. The monoisotopic (exact) mass is 446 g/mol. The molecule has 32 heavy (non-hydrogen) atoms. The summed E-state index contributed by atoms with van der Waals surface area (Å²) in [5.74, 6) is -1.27. The van der Waals surface area contributed by atoms with Crippen LogP contribution in [0.5, 0.6) is 5.75 Å². The predicted molar refractivity (Wildman–Crippen MR) is 118 cm³/mol. The number of carbonyl (C=O) groups excluding carboxylic acids is 1. The molecule has 2 N–H and O–H groups in total. The van der Waals surface area contributed by atoms with Gasteiger partial charge in [-0.3, -0.25) is 24.2 Å². The van der Waals surface area contributed by atoms with Crippen molar-refractivity contribution in [3.8, 4) is 5.75 Å². The van der Waals surface area contributed by atoms with Crippen molar-refractivity contribution >= 4 is 28.7 Å². The highest BCUT2D eigenvalue weighted by atomic mass is 16.5. The van der Waals surface area contributed by atoms with Crippen molar-refractivity contribution in [3.05, 3.63) is 30.0 Å². The number of aliphatic carboxylic acids is 2. The number of carbonyl (C=O) groups is 3. The smallest absolute Gasteiger partial charge is 0.325 e. The average molecular weight is 447 g/mol. The molecule has 0 saturated carbocycles. The molecular formula is C22H30N4O6. The van der Waals surface area contributed by atoms with Gasteiger partial charge in [0, 0.05) is 69.5 Å². The van der Waals surface area contributed by atoms with Crippen molar-refractivity contribution in [1.82, 2.24) is 19.3 Å². The standard InChI is InChI=1S/C22H30N4O6/c1-23(2)19(27)14-24-8-10-25(11-9-24)21(22(30)31)17-13-26(7-6-20(28)29)18-5-4-15(32-3)12-16(17)18/h4-5,12-13,21H,6-11,14H2,1-3H3,(H,28,29)(H,30,31). The molecule has 2 heterocycles. The number of hydrogen-bond acceptors (Lipinski definition) is 6. The molecule has 174 valence electrons. The lowest BCUT2D eigenvalue weighted by Crippen LogP contribution is -2.51. The van der Waals surface area contributed by atoms with Gasteiger partial charge in [0.1, 0.15) is 11.8 Å². The summed E-state index contributed by atoms with van der Waals surface area (Å²) in [5, 5.41) is 19.9. The first-order valence-corrected chi connectivity index (χ1v) is 10.5. The summed E-state index contributed by atoms with van der Waals surface area (Å²) in [6.45, 7) is 2.73. The van der Waals surface area contributed by atoms with Crippen LogP contribution in [0.2, 0.25) is 0 Å². The highest BCUT2D eigenvalue weighted by Gasteiger charge is 2.33. The van der Waals surface area contributed by atoms with Crippen molar-refractivity contribution in [1.29, 1.82) is 0 Å². The van der Waals surface area contributed by atoms with Crippen LogP contribution in [0.4, 0.5) is 0 Å². The SMILES string of the molecule is COc1ccc2c(c1)c(C(C(=O)O)N1CCN(CC(=O)N(C)C)CC1)cn2CCC(=O)O. The summed E-state index contributed by atoms with van der Waals surface area (Å²) in [7, 11) is 4.98. The second kappa shape index (κ2) is 10.0. The summed E-state index contributed by atoms with van der Waals surface area (Å²) in [5.41, 5.74) is 1.37. The van der Waals surface area contributed by atoms with Gasteiger partial charge in [-0.15, -0.1) is 0 Å². The highest BCUT2D eigenvalue weighted by Crippen LogP contribution is 2.33. The molecule has 1 aliphatic heterocycles. The average Bonchev–Trinajstić information content (AvgIpc) is 3.10. The second-order valence-corrected chi connectivity index (χ2v) is 8.15. The third-order valence-electron chi connectivity index (χ3n) is 5.84. The Labute approximate surface area is 186 Å². The van der Waals surface area contributed by atoms with E-state index in [1.807, 2.05) is 15.9 Å². The molecule has 1 amide bonds. The minimum Gasteiger partial charge on any atom is -0.497 e. The molecule has 1 saturated heterocycles. The van der Waals surface area contributed by atoms with Crippen molar-refractivity contribution in [2.45, 2.75) is 19.0 Å². The highest BCUT2D eigenvalue weighted by molar-refractivity contribution is 5.90. The lowest BCUT2D eigenvalue weighted by molar-refractivity contribution is -0.145. The Bertz CT molecular complexity index is 994. The lowest BCUT2D eigenvalue weighted by atomic mass is 10.0. The van der Waals surface area contributed by atoms with E-state index in [2.05, 4.69) is 0 Å². The number of hydrogen-bond donors (Lipinski definition) is 2. The normalized spacial score (nSPS) is 16.1. The van der Waals surface area contributed by atoms with Crippen LogP contribution in [0, 0.1) is 0 Å². The van der Waals surface area contributed by atoms with Crippen LogP contribution in [0.25, 0.3) is 10.9 Å². The maximum absolute atomic E-state index is 12.4. The molecule has 0 aliphatic carbocycles. The fourth-order valence-electron chi connectivity index (χ4n) is 4.05. The van der Waals surface area contributed by atoms with Gasteiger partial charge in [-0.2, -0.15) is 0 Å². The first kappa shape index (κ1) is 23.6. The van der Waals surface area contributed by atoms with Gasteiger partial charge in [-0.05, 0) is 18.2 Å². The number of methoxy groups -OCH3 is 1. The Morgan fingerprint density at radius 2 is 1.81 bits per heavy atom. The number of amides is 1. The number of nitrogens with zero attached hydrogens (tertiary/aromatic N) is 4. The molecule has 2 aromatic rings. The quantitative estimate of drug-likeness (QED) is 0.585. The van der Waals surface area contributed by atoms with Crippen LogP contribution in [0.3, 0.4) is 0 Å². The lowest BCUT2D eigenvalue weighted by Gasteiger charge is -2.37. The number of fused-ring (bicyclic) bond motifs is 1. The van der Waals surface area contributed by atoms with Crippen LogP contribution >= 0.6 is 0 Å². The molecule has 1 unspecified atom stereocenters. The number of carboxylic acid groups (broad SMARTS) is 2. The number of likely N-dealkylation sites (N-methyl/N-ethyl adjacent to an activating group) is 1. The topological polar surface area (TPSA) is 116 Å².